The van der Waals surface area contributed by atoms with Crippen molar-refractivity contribution in [2.75, 3.05) is 6.54 Å². The maximum atomic E-state index is 13.4. The SMILES string of the molecule is Fc1ccc2c(n1)CCN1Cc3[nH]c4ccccc4c3C[C@@H]21. The molecular formula is C18H16FN3. The molecular weight excluding hydrogens is 277 g/mol. The van der Waals surface area contributed by atoms with Gasteiger partial charge in [0, 0.05) is 47.8 Å². The average Bonchev–Trinajstić information content (AvgIpc) is 2.90. The monoisotopic (exact) mass is 293 g/mol. The Labute approximate surface area is 127 Å². The minimum absolute atomic E-state index is 0.323. The Bertz CT molecular complexity index is 883. The first-order chi connectivity index (χ1) is 10.8. The van der Waals surface area contributed by atoms with E-state index < -0.39 is 0 Å². The minimum Gasteiger partial charge on any atom is -0.357 e. The molecule has 0 radical (unpaired) electrons. The fourth-order valence-corrected chi connectivity index (χ4v) is 4.04. The van der Waals surface area contributed by atoms with Crippen LogP contribution in [0.15, 0.2) is 36.4 Å². The summed E-state index contributed by atoms with van der Waals surface area (Å²) in [5.41, 5.74) is 6.09. The number of nitrogens with one attached hydrogen (secondary N) is 1. The van der Waals surface area contributed by atoms with Gasteiger partial charge in [0.1, 0.15) is 0 Å². The highest BCUT2D eigenvalue weighted by atomic mass is 19.1. The number of pyridine rings is 1. The predicted octanol–water partition coefficient (Wildman–Crippen LogP) is 3.36. The number of benzene rings is 1. The number of aromatic nitrogens is 2. The van der Waals surface area contributed by atoms with Crippen LogP contribution in [0.1, 0.15) is 28.6 Å². The highest BCUT2D eigenvalue weighted by molar-refractivity contribution is 5.85. The maximum absolute atomic E-state index is 13.4. The smallest absolute Gasteiger partial charge is 0.213 e. The summed E-state index contributed by atoms with van der Waals surface area (Å²) in [6.07, 6.45) is 1.80. The maximum Gasteiger partial charge on any atom is 0.213 e. The number of hydrogen-bond acceptors (Lipinski definition) is 2. The van der Waals surface area contributed by atoms with Crippen LogP contribution in [-0.4, -0.2) is 21.4 Å². The summed E-state index contributed by atoms with van der Waals surface area (Å²) in [6.45, 7) is 1.88. The van der Waals surface area contributed by atoms with Gasteiger partial charge >= 0.3 is 0 Å². The molecule has 2 aromatic heterocycles. The van der Waals surface area contributed by atoms with Gasteiger partial charge in [-0.3, -0.25) is 4.90 Å². The summed E-state index contributed by atoms with van der Waals surface area (Å²) in [4.78, 5) is 10.2. The first-order valence-corrected chi connectivity index (χ1v) is 7.77. The molecule has 0 spiro atoms. The lowest BCUT2D eigenvalue weighted by Crippen LogP contribution is -2.39. The van der Waals surface area contributed by atoms with Gasteiger partial charge in [-0.05, 0) is 29.7 Å². The van der Waals surface area contributed by atoms with Crippen molar-refractivity contribution in [3.63, 3.8) is 0 Å². The summed E-state index contributed by atoms with van der Waals surface area (Å²) in [7, 11) is 0. The van der Waals surface area contributed by atoms with Gasteiger partial charge in [0.2, 0.25) is 5.95 Å². The van der Waals surface area contributed by atoms with Crippen LogP contribution in [0.3, 0.4) is 0 Å². The number of aromatic amines is 1. The van der Waals surface area contributed by atoms with E-state index in [2.05, 4.69) is 39.1 Å². The lowest BCUT2D eigenvalue weighted by molar-refractivity contribution is 0.157. The van der Waals surface area contributed by atoms with Gasteiger partial charge in [0.25, 0.3) is 0 Å². The molecule has 4 heterocycles. The Hall–Kier alpha value is -2.20. The standard InChI is InChI=1S/C18H16FN3/c19-18-6-5-12-15(21-18)7-8-22-10-16-13(9-17(12)22)11-3-1-2-4-14(11)20-16/h1-6,17,20H,7-10H2/t17-/m0/s1. The number of fused-ring (bicyclic) bond motifs is 6. The second kappa shape index (κ2) is 4.40. The van der Waals surface area contributed by atoms with Gasteiger partial charge in [-0.2, -0.15) is 4.39 Å². The first kappa shape index (κ1) is 12.4. The number of nitrogens with zero attached hydrogens (tertiary/aromatic N) is 2. The van der Waals surface area contributed by atoms with Crippen molar-refractivity contribution in [2.24, 2.45) is 0 Å². The molecule has 3 aromatic rings. The molecule has 3 nitrogen and oxygen atoms in total. The lowest BCUT2D eigenvalue weighted by atomic mass is 9.87. The molecule has 0 aliphatic carbocycles. The summed E-state index contributed by atoms with van der Waals surface area (Å²) in [5, 5.41) is 1.32. The highest BCUT2D eigenvalue weighted by Gasteiger charge is 2.34. The summed E-state index contributed by atoms with van der Waals surface area (Å²) in [5.74, 6) is -0.365. The van der Waals surface area contributed by atoms with E-state index in [-0.39, 0.29) is 5.95 Å². The number of halogens is 1. The second-order valence-electron chi connectivity index (χ2n) is 6.24. The van der Waals surface area contributed by atoms with Crippen molar-refractivity contribution < 1.29 is 4.39 Å². The Morgan fingerprint density at radius 1 is 1.18 bits per heavy atom. The molecule has 1 aromatic carbocycles. The van der Waals surface area contributed by atoms with Crippen molar-refractivity contribution in [1.82, 2.24) is 14.9 Å². The van der Waals surface area contributed by atoms with Crippen molar-refractivity contribution in [3.8, 4) is 0 Å². The molecule has 0 saturated carbocycles. The quantitative estimate of drug-likeness (QED) is 0.645. The number of rotatable bonds is 0. The van der Waals surface area contributed by atoms with Crippen LogP contribution in [0.2, 0.25) is 0 Å². The van der Waals surface area contributed by atoms with Crippen LogP contribution >= 0.6 is 0 Å². The second-order valence-corrected chi connectivity index (χ2v) is 6.24. The van der Waals surface area contributed by atoms with Crippen LogP contribution in [-0.2, 0) is 19.4 Å². The summed E-state index contributed by atoms with van der Waals surface area (Å²) >= 11 is 0. The first-order valence-electron chi connectivity index (χ1n) is 7.77. The minimum atomic E-state index is -0.365. The Balaban J connectivity index is 1.65. The van der Waals surface area contributed by atoms with E-state index in [1.807, 2.05) is 6.07 Å². The van der Waals surface area contributed by atoms with Gasteiger partial charge in [-0.25, -0.2) is 4.98 Å². The van der Waals surface area contributed by atoms with Crippen LogP contribution in [0.25, 0.3) is 10.9 Å². The van der Waals surface area contributed by atoms with E-state index in [0.29, 0.717) is 6.04 Å². The molecule has 0 bridgehead atoms. The molecule has 22 heavy (non-hydrogen) atoms. The molecule has 4 heteroatoms. The summed E-state index contributed by atoms with van der Waals surface area (Å²) < 4.78 is 13.4. The predicted molar refractivity (Wildman–Crippen MR) is 83.1 cm³/mol. The van der Waals surface area contributed by atoms with E-state index in [1.54, 1.807) is 0 Å². The van der Waals surface area contributed by atoms with E-state index in [0.717, 1.165) is 31.6 Å². The average molecular weight is 293 g/mol. The molecule has 110 valence electrons. The number of H-pyrrole nitrogens is 1. The summed E-state index contributed by atoms with van der Waals surface area (Å²) in [6, 6.07) is 12.2. The highest BCUT2D eigenvalue weighted by Crippen LogP contribution is 2.39. The van der Waals surface area contributed by atoms with E-state index in [9.17, 15) is 4.39 Å². The number of hydrogen-bond donors (Lipinski definition) is 1. The van der Waals surface area contributed by atoms with Crippen molar-refractivity contribution in [3.05, 3.63) is 64.9 Å². The molecule has 2 aliphatic rings. The molecule has 5 rings (SSSR count). The van der Waals surface area contributed by atoms with Gasteiger partial charge in [-0.15, -0.1) is 0 Å². The zero-order valence-electron chi connectivity index (χ0n) is 12.1. The van der Waals surface area contributed by atoms with Gasteiger partial charge in [0.15, 0.2) is 0 Å². The van der Waals surface area contributed by atoms with E-state index in [1.165, 1.54) is 33.8 Å². The molecule has 1 atom stereocenters. The number of para-hydroxylation sites is 1. The Morgan fingerprint density at radius 2 is 2.09 bits per heavy atom. The normalized spacial score (nSPS) is 20.5. The Kier molecular flexibility index (Phi) is 2.47. The molecule has 0 fully saturated rings. The van der Waals surface area contributed by atoms with Crippen LogP contribution in [0.5, 0.6) is 0 Å². The van der Waals surface area contributed by atoms with Crippen LogP contribution in [0.4, 0.5) is 4.39 Å². The van der Waals surface area contributed by atoms with Gasteiger partial charge < -0.3 is 4.98 Å². The molecule has 1 N–H and O–H groups in total. The molecule has 0 unspecified atom stereocenters. The van der Waals surface area contributed by atoms with Gasteiger partial charge in [-0.1, -0.05) is 24.3 Å². The van der Waals surface area contributed by atoms with Crippen molar-refractivity contribution in [2.45, 2.75) is 25.4 Å². The zero-order valence-corrected chi connectivity index (χ0v) is 12.1. The molecule has 0 amide bonds. The fraction of sp³-hybridized carbons (Fsp3) is 0.278. The lowest BCUT2D eigenvalue weighted by Gasteiger charge is -2.40. The molecule has 0 saturated heterocycles. The van der Waals surface area contributed by atoms with Crippen molar-refractivity contribution in [1.29, 1.82) is 0 Å². The third-order valence-electron chi connectivity index (χ3n) is 5.07. The topological polar surface area (TPSA) is 31.9 Å². The third-order valence-corrected chi connectivity index (χ3v) is 5.07. The van der Waals surface area contributed by atoms with E-state index >= 15 is 0 Å². The molecule has 2 aliphatic heterocycles. The van der Waals surface area contributed by atoms with E-state index in [4.69, 9.17) is 0 Å². The van der Waals surface area contributed by atoms with Gasteiger partial charge in [0.05, 0.1) is 0 Å². The zero-order chi connectivity index (χ0) is 14.7. The largest absolute Gasteiger partial charge is 0.357 e. The fourth-order valence-electron chi connectivity index (χ4n) is 4.04. The van der Waals surface area contributed by atoms with Crippen LogP contribution < -0.4 is 0 Å². The Morgan fingerprint density at radius 3 is 3.05 bits per heavy atom. The third kappa shape index (κ3) is 1.67. The van der Waals surface area contributed by atoms with Crippen molar-refractivity contribution >= 4 is 10.9 Å². The van der Waals surface area contributed by atoms with Crippen LogP contribution in [0, 0.1) is 5.95 Å².